The van der Waals surface area contributed by atoms with Gasteiger partial charge in [-0.15, -0.1) is 0 Å². The van der Waals surface area contributed by atoms with Crippen molar-refractivity contribution in [2.75, 3.05) is 0 Å². The standard InChI is InChI=1S/C19H14ClFN2O2/c20-16-7-3-1-5-13(16)9-10-19(24)22-12-14-11-18(25-23-14)15-6-2-4-8-17(15)21/h1-11H,12H2,(H,22,24)/b10-9+. The van der Waals surface area contributed by atoms with Crippen LogP contribution in [0.4, 0.5) is 4.39 Å². The molecule has 0 saturated carbocycles. The number of hydrogen-bond donors (Lipinski definition) is 1. The van der Waals surface area contributed by atoms with E-state index < -0.39 is 5.82 Å². The Balaban J connectivity index is 1.60. The molecular formula is C19H14ClFN2O2. The van der Waals surface area contributed by atoms with Crippen LogP contribution in [0, 0.1) is 5.82 Å². The zero-order valence-electron chi connectivity index (χ0n) is 13.1. The van der Waals surface area contributed by atoms with Crippen molar-refractivity contribution in [1.29, 1.82) is 0 Å². The highest BCUT2D eigenvalue weighted by molar-refractivity contribution is 6.32. The van der Waals surface area contributed by atoms with E-state index in [1.165, 1.54) is 12.1 Å². The summed E-state index contributed by atoms with van der Waals surface area (Å²) in [5, 5.41) is 7.09. The number of amides is 1. The minimum atomic E-state index is -0.392. The van der Waals surface area contributed by atoms with Crippen molar-refractivity contribution in [3.8, 4) is 11.3 Å². The van der Waals surface area contributed by atoms with Gasteiger partial charge in [-0.3, -0.25) is 4.79 Å². The Bertz CT molecular complexity index is 921. The number of nitrogens with zero attached hydrogens (tertiary/aromatic N) is 1. The normalized spacial score (nSPS) is 11.0. The van der Waals surface area contributed by atoms with E-state index in [0.29, 0.717) is 22.0 Å². The fourth-order valence-electron chi connectivity index (χ4n) is 2.20. The molecule has 3 rings (SSSR count). The molecule has 0 radical (unpaired) electrons. The molecule has 1 heterocycles. The fraction of sp³-hybridized carbons (Fsp3) is 0.0526. The highest BCUT2D eigenvalue weighted by Crippen LogP contribution is 2.23. The van der Waals surface area contributed by atoms with Crippen molar-refractivity contribution in [2.45, 2.75) is 6.54 Å². The summed E-state index contributed by atoms with van der Waals surface area (Å²) in [5.41, 5.74) is 1.58. The van der Waals surface area contributed by atoms with Gasteiger partial charge >= 0.3 is 0 Å². The van der Waals surface area contributed by atoms with Crippen molar-refractivity contribution in [3.63, 3.8) is 0 Å². The summed E-state index contributed by atoms with van der Waals surface area (Å²) in [6.07, 6.45) is 3.02. The van der Waals surface area contributed by atoms with Gasteiger partial charge in [0.1, 0.15) is 11.5 Å². The number of halogens is 2. The number of hydrogen-bond acceptors (Lipinski definition) is 3. The van der Waals surface area contributed by atoms with Crippen LogP contribution in [-0.4, -0.2) is 11.1 Å². The maximum Gasteiger partial charge on any atom is 0.244 e. The highest BCUT2D eigenvalue weighted by Gasteiger charge is 2.11. The van der Waals surface area contributed by atoms with E-state index in [1.807, 2.05) is 18.2 Å². The first-order valence-electron chi connectivity index (χ1n) is 7.54. The summed E-state index contributed by atoms with van der Waals surface area (Å²) < 4.78 is 18.8. The van der Waals surface area contributed by atoms with Crippen molar-refractivity contribution in [3.05, 3.63) is 82.8 Å². The lowest BCUT2D eigenvalue weighted by atomic mass is 10.1. The van der Waals surface area contributed by atoms with Gasteiger partial charge in [0.2, 0.25) is 5.91 Å². The first-order chi connectivity index (χ1) is 12.1. The van der Waals surface area contributed by atoms with E-state index in [1.54, 1.807) is 36.4 Å². The van der Waals surface area contributed by atoms with E-state index in [9.17, 15) is 9.18 Å². The summed E-state index contributed by atoms with van der Waals surface area (Å²) in [6, 6.07) is 15.1. The molecule has 0 aliphatic rings. The quantitative estimate of drug-likeness (QED) is 0.686. The number of carbonyl (C=O) groups is 1. The van der Waals surface area contributed by atoms with Crippen molar-refractivity contribution >= 4 is 23.6 Å². The Morgan fingerprint density at radius 3 is 2.76 bits per heavy atom. The number of nitrogens with one attached hydrogen (secondary N) is 1. The van der Waals surface area contributed by atoms with Crippen LogP contribution in [0.2, 0.25) is 5.02 Å². The third-order valence-corrected chi connectivity index (χ3v) is 3.81. The lowest BCUT2D eigenvalue weighted by Gasteiger charge is -1.99. The maximum absolute atomic E-state index is 13.7. The van der Waals surface area contributed by atoms with Gasteiger partial charge in [-0.1, -0.05) is 47.1 Å². The molecule has 0 aliphatic heterocycles. The van der Waals surface area contributed by atoms with Crippen LogP contribution in [0.3, 0.4) is 0 Å². The predicted octanol–water partition coefficient (Wildman–Crippen LogP) is 4.46. The van der Waals surface area contributed by atoms with Gasteiger partial charge in [0.05, 0.1) is 12.1 Å². The van der Waals surface area contributed by atoms with E-state index in [2.05, 4.69) is 10.5 Å². The van der Waals surface area contributed by atoms with Gasteiger partial charge < -0.3 is 9.84 Å². The summed E-state index contributed by atoms with van der Waals surface area (Å²) in [6.45, 7) is 0.170. The van der Waals surface area contributed by atoms with Gasteiger partial charge in [-0.05, 0) is 29.8 Å². The van der Waals surface area contributed by atoms with Crippen LogP contribution in [0.15, 0.2) is 65.2 Å². The molecule has 1 aromatic heterocycles. The smallest absolute Gasteiger partial charge is 0.244 e. The molecule has 1 amide bonds. The first-order valence-corrected chi connectivity index (χ1v) is 7.92. The lowest BCUT2D eigenvalue weighted by molar-refractivity contribution is -0.116. The monoisotopic (exact) mass is 356 g/mol. The predicted molar refractivity (Wildman–Crippen MR) is 94.2 cm³/mol. The zero-order chi connectivity index (χ0) is 17.6. The second-order valence-corrected chi connectivity index (χ2v) is 5.64. The van der Waals surface area contributed by atoms with Gasteiger partial charge in [-0.2, -0.15) is 0 Å². The Morgan fingerprint density at radius 1 is 1.20 bits per heavy atom. The molecule has 0 saturated heterocycles. The molecule has 126 valence electrons. The van der Waals surface area contributed by atoms with Crippen LogP contribution >= 0.6 is 11.6 Å². The van der Waals surface area contributed by atoms with E-state index >= 15 is 0 Å². The average molecular weight is 357 g/mol. The average Bonchev–Trinajstić information content (AvgIpc) is 3.08. The number of rotatable bonds is 5. The minimum absolute atomic E-state index is 0.170. The molecule has 0 bridgehead atoms. The largest absolute Gasteiger partial charge is 0.356 e. The summed E-state index contributed by atoms with van der Waals surface area (Å²) in [7, 11) is 0. The molecule has 2 aromatic carbocycles. The van der Waals surface area contributed by atoms with Gasteiger partial charge in [0.15, 0.2) is 5.76 Å². The van der Waals surface area contributed by atoms with Crippen molar-refractivity contribution in [1.82, 2.24) is 10.5 Å². The Hall–Kier alpha value is -2.92. The Morgan fingerprint density at radius 2 is 1.96 bits per heavy atom. The SMILES string of the molecule is O=C(/C=C/c1ccccc1Cl)NCc1cc(-c2ccccc2F)on1. The number of carbonyl (C=O) groups excluding carboxylic acids is 1. The van der Waals surface area contributed by atoms with E-state index in [0.717, 1.165) is 5.56 Å². The maximum atomic E-state index is 13.7. The van der Waals surface area contributed by atoms with Crippen LogP contribution < -0.4 is 5.32 Å². The van der Waals surface area contributed by atoms with Gasteiger partial charge in [0.25, 0.3) is 0 Å². The van der Waals surface area contributed by atoms with Crippen LogP contribution in [0.1, 0.15) is 11.3 Å². The first kappa shape index (κ1) is 16.9. The second-order valence-electron chi connectivity index (χ2n) is 5.23. The van der Waals surface area contributed by atoms with Crippen molar-refractivity contribution < 1.29 is 13.7 Å². The molecule has 4 nitrogen and oxygen atoms in total. The highest BCUT2D eigenvalue weighted by atomic mass is 35.5. The molecule has 0 unspecified atom stereocenters. The molecular weight excluding hydrogens is 343 g/mol. The third-order valence-electron chi connectivity index (χ3n) is 3.46. The van der Waals surface area contributed by atoms with Crippen LogP contribution in [-0.2, 0) is 11.3 Å². The topological polar surface area (TPSA) is 55.1 Å². The second kappa shape index (κ2) is 7.77. The fourth-order valence-corrected chi connectivity index (χ4v) is 2.39. The number of aromatic nitrogens is 1. The Labute approximate surface area is 148 Å². The molecule has 0 aliphatic carbocycles. The minimum Gasteiger partial charge on any atom is -0.356 e. The van der Waals surface area contributed by atoms with Gasteiger partial charge in [-0.25, -0.2) is 4.39 Å². The van der Waals surface area contributed by atoms with E-state index in [4.69, 9.17) is 16.1 Å². The third kappa shape index (κ3) is 4.33. The Kier molecular flexibility index (Phi) is 5.26. The molecule has 0 spiro atoms. The summed E-state index contributed by atoms with van der Waals surface area (Å²) in [5.74, 6) is -0.374. The molecule has 1 N–H and O–H groups in total. The number of benzene rings is 2. The van der Waals surface area contributed by atoms with Gasteiger partial charge in [0, 0.05) is 17.2 Å². The molecule has 6 heteroatoms. The summed E-state index contributed by atoms with van der Waals surface area (Å²) in [4.78, 5) is 11.9. The molecule has 0 atom stereocenters. The van der Waals surface area contributed by atoms with Crippen LogP contribution in [0.25, 0.3) is 17.4 Å². The molecule has 0 fully saturated rings. The molecule has 25 heavy (non-hydrogen) atoms. The van der Waals surface area contributed by atoms with E-state index in [-0.39, 0.29) is 12.5 Å². The van der Waals surface area contributed by atoms with Crippen molar-refractivity contribution in [2.24, 2.45) is 0 Å². The molecule has 3 aromatic rings. The zero-order valence-corrected chi connectivity index (χ0v) is 13.8. The lowest BCUT2D eigenvalue weighted by Crippen LogP contribution is -2.20. The van der Waals surface area contributed by atoms with Crippen LogP contribution in [0.5, 0.6) is 0 Å². The summed E-state index contributed by atoms with van der Waals surface area (Å²) >= 11 is 6.02.